The molecule has 0 bridgehead atoms. The molecule has 188 valence electrons. The molecule has 0 N–H and O–H groups in total. The summed E-state index contributed by atoms with van der Waals surface area (Å²) >= 11 is 0. The van der Waals surface area contributed by atoms with Gasteiger partial charge >= 0.3 is 0 Å². The fourth-order valence-electron chi connectivity index (χ4n) is 7.53. The molecule has 0 amide bonds. The first-order chi connectivity index (χ1) is 15.8. The molecular weight excluding hydrogens is 388 g/mol. The molecule has 3 aliphatic rings. The molecule has 0 aromatic carbocycles. The smallest absolute Gasteiger partial charge is 0.0710 e. The highest BCUT2D eigenvalue weighted by molar-refractivity contribution is 4.93. The summed E-state index contributed by atoms with van der Waals surface area (Å²) in [5.41, 5.74) is 0.271. The third-order valence-corrected chi connectivity index (χ3v) is 9.84. The lowest BCUT2D eigenvalue weighted by Gasteiger charge is -2.46. The number of hydrogen-bond donors (Lipinski definition) is 0. The molecule has 0 spiro atoms. The highest BCUT2D eigenvalue weighted by Crippen LogP contribution is 2.46. The van der Waals surface area contributed by atoms with Crippen LogP contribution in [0.25, 0.3) is 0 Å². The van der Waals surface area contributed by atoms with Crippen molar-refractivity contribution < 1.29 is 4.74 Å². The Hall–Kier alpha value is -0.0400. The van der Waals surface area contributed by atoms with Crippen molar-refractivity contribution in [3.8, 4) is 0 Å². The van der Waals surface area contributed by atoms with Gasteiger partial charge in [-0.1, -0.05) is 129 Å². The minimum absolute atomic E-state index is 0.271. The fourth-order valence-corrected chi connectivity index (χ4v) is 7.53. The minimum Gasteiger partial charge on any atom is -0.375 e. The average molecular weight is 447 g/mol. The predicted octanol–water partition coefficient (Wildman–Crippen LogP) is 10.3. The fraction of sp³-hybridized carbons (Fsp3) is 1.00. The van der Waals surface area contributed by atoms with Gasteiger partial charge in [0.15, 0.2) is 0 Å². The minimum atomic E-state index is 0.271. The Bertz CT molecular complexity index is 449. The van der Waals surface area contributed by atoms with Crippen LogP contribution in [0.3, 0.4) is 0 Å². The molecule has 32 heavy (non-hydrogen) atoms. The Morgan fingerprint density at radius 2 is 1.09 bits per heavy atom. The maximum atomic E-state index is 6.70. The van der Waals surface area contributed by atoms with Gasteiger partial charge in [-0.05, 0) is 55.8 Å². The summed E-state index contributed by atoms with van der Waals surface area (Å²) in [6.45, 7) is 5.63. The van der Waals surface area contributed by atoms with Gasteiger partial charge in [0.25, 0.3) is 0 Å². The van der Waals surface area contributed by atoms with Gasteiger partial charge in [0, 0.05) is 6.61 Å². The zero-order valence-electron chi connectivity index (χ0n) is 22.2. The number of unbranched alkanes of at least 4 members (excludes halogenated alkanes) is 5. The molecule has 3 fully saturated rings. The second-order valence-electron chi connectivity index (χ2n) is 12.2. The van der Waals surface area contributed by atoms with Gasteiger partial charge in [-0.15, -0.1) is 0 Å². The Labute approximate surface area is 202 Å². The van der Waals surface area contributed by atoms with E-state index in [1.54, 1.807) is 25.7 Å². The van der Waals surface area contributed by atoms with Crippen LogP contribution in [-0.4, -0.2) is 12.2 Å². The molecule has 0 aliphatic heterocycles. The summed E-state index contributed by atoms with van der Waals surface area (Å²) in [5.74, 6) is 4.02. The molecule has 0 unspecified atom stereocenters. The molecule has 0 saturated heterocycles. The van der Waals surface area contributed by atoms with Crippen molar-refractivity contribution >= 4 is 0 Å². The van der Waals surface area contributed by atoms with Gasteiger partial charge in [0.2, 0.25) is 0 Å². The molecule has 1 nitrogen and oxygen atoms in total. The van der Waals surface area contributed by atoms with Crippen molar-refractivity contribution in [1.29, 1.82) is 0 Å². The third kappa shape index (κ3) is 8.63. The molecule has 3 saturated carbocycles. The molecule has 0 heterocycles. The first-order valence-corrected chi connectivity index (χ1v) is 15.4. The van der Waals surface area contributed by atoms with E-state index in [1.165, 1.54) is 122 Å². The topological polar surface area (TPSA) is 9.23 Å². The maximum Gasteiger partial charge on any atom is 0.0710 e. The summed E-state index contributed by atoms with van der Waals surface area (Å²) in [7, 11) is 0. The highest BCUT2D eigenvalue weighted by atomic mass is 16.5. The van der Waals surface area contributed by atoms with Gasteiger partial charge in [-0.3, -0.25) is 0 Å². The quantitative estimate of drug-likeness (QED) is 0.241. The molecule has 0 aromatic heterocycles. The molecule has 3 rings (SSSR count). The SMILES string of the molecule is CCCCCCCC1CCC(CCC2CCC(C3(OCCCC)CCCCC3)CC2)CC1. The van der Waals surface area contributed by atoms with E-state index in [2.05, 4.69) is 13.8 Å². The second-order valence-corrected chi connectivity index (χ2v) is 12.2. The highest BCUT2D eigenvalue weighted by Gasteiger charge is 2.42. The normalized spacial score (nSPS) is 30.9. The Morgan fingerprint density at radius 1 is 0.562 bits per heavy atom. The summed E-state index contributed by atoms with van der Waals surface area (Å²) in [5, 5.41) is 0. The van der Waals surface area contributed by atoms with Gasteiger partial charge in [-0.25, -0.2) is 0 Å². The van der Waals surface area contributed by atoms with Gasteiger partial charge in [0.05, 0.1) is 5.60 Å². The first-order valence-electron chi connectivity index (χ1n) is 15.4. The third-order valence-electron chi connectivity index (χ3n) is 9.84. The standard InChI is InChI=1S/C31H58O/c1-3-5-7-8-10-13-27-14-16-28(17-15-27)18-19-29-20-22-30(23-21-29)31(32-26-6-4-2)24-11-9-12-25-31/h27-30H,3-26H2,1-2H3. The van der Waals surface area contributed by atoms with Crippen molar-refractivity contribution in [2.24, 2.45) is 23.7 Å². The van der Waals surface area contributed by atoms with Crippen LogP contribution >= 0.6 is 0 Å². The van der Waals surface area contributed by atoms with E-state index in [1.807, 2.05) is 0 Å². The Balaban J connectivity index is 1.30. The number of rotatable bonds is 14. The zero-order valence-corrected chi connectivity index (χ0v) is 22.2. The van der Waals surface area contributed by atoms with Crippen molar-refractivity contribution in [3.05, 3.63) is 0 Å². The molecule has 0 atom stereocenters. The van der Waals surface area contributed by atoms with E-state index in [0.717, 1.165) is 30.3 Å². The van der Waals surface area contributed by atoms with Crippen LogP contribution in [0.5, 0.6) is 0 Å². The van der Waals surface area contributed by atoms with Crippen molar-refractivity contribution in [3.63, 3.8) is 0 Å². The maximum absolute atomic E-state index is 6.70. The molecular formula is C31H58O. The van der Waals surface area contributed by atoms with Gasteiger partial charge < -0.3 is 4.74 Å². The first kappa shape index (κ1) is 26.6. The lowest BCUT2D eigenvalue weighted by Crippen LogP contribution is -2.44. The Morgan fingerprint density at radius 3 is 1.69 bits per heavy atom. The van der Waals surface area contributed by atoms with Crippen molar-refractivity contribution in [2.45, 2.75) is 167 Å². The molecule has 0 aromatic rings. The van der Waals surface area contributed by atoms with Crippen LogP contribution < -0.4 is 0 Å². The molecule has 0 radical (unpaired) electrons. The number of ether oxygens (including phenoxy) is 1. The van der Waals surface area contributed by atoms with E-state index in [4.69, 9.17) is 4.74 Å². The van der Waals surface area contributed by atoms with Crippen LogP contribution in [0.4, 0.5) is 0 Å². The summed E-state index contributed by atoms with van der Waals surface area (Å²) in [6, 6.07) is 0. The van der Waals surface area contributed by atoms with Crippen LogP contribution in [0.2, 0.25) is 0 Å². The van der Waals surface area contributed by atoms with Gasteiger partial charge in [0.1, 0.15) is 0 Å². The van der Waals surface area contributed by atoms with E-state index >= 15 is 0 Å². The molecule has 1 heteroatoms. The zero-order chi connectivity index (χ0) is 22.5. The molecule has 3 aliphatic carbocycles. The number of hydrogen-bond acceptors (Lipinski definition) is 1. The van der Waals surface area contributed by atoms with Crippen molar-refractivity contribution in [2.75, 3.05) is 6.61 Å². The summed E-state index contributed by atoms with van der Waals surface area (Å²) in [4.78, 5) is 0. The summed E-state index contributed by atoms with van der Waals surface area (Å²) in [6.07, 6.45) is 33.5. The van der Waals surface area contributed by atoms with Crippen molar-refractivity contribution in [1.82, 2.24) is 0 Å². The van der Waals surface area contributed by atoms with Crippen LogP contribution in [0.15, 0.2) is 0 Å². The van der Waals surface area contributed by atoms with Crippen LogP contribution in [-0.2, 0) is 4.74 Å². The van der Waals surface area contributed by atoms with Crippen LogP contribution in [0, 0.1) is 23.7 Å². The second kappa shape index (κ2) is 15.1. The summed E-state index contributed by atoms with van der Waals surface area (Å²) < 4.78 is 6.70. The van der Waals surface area contributed by atoms with Crippen LogP contribution in [0.1, 0.15) is 162 Å². The lowest BCUT2D eigenvalue weighted by atomic mass is 9.67. The van der Waals surface area contributed by atoms with Gasteiger partial charge in [-0.2, -0.15) is 0 Å². The average Bonchev–Trinajstić information content (AvgIpc) is 2.84. The predicted molar refractivity (Wildman–Crippen MR) is 140 cm³/mol. The van der Waals surface area contributed by atoms with E-state index in [0.29, 0.717) is 0 Å². The lowest BCUT2D eigenvalue weighted by molar-refractivity contribution is -0.122. The Kier molecular flexibility index (Phi) is 12.5. The largest absolute Gasteiger partial charge is 0.375 e. The van der Waals surface area contributed by atoms with E-state index in [-0.39, 0.29) is 5.60 Å². The van der Waals surface area contributed by atoms with E-state index < -0.39 is 0 Å². The monoisotopic (exact) mass is 446 g/mol. The van der Waals surface area contributed by atoms with E-state index in [9.17, 15) is 0 Å².